The van der Waals surface area contributed by atoms with E-state index in [-0.39, 0.29) is 0 Å². The van der Waals surface area contributed by atoms with Gasteiger partial charge in [0.05, 0.1) is 7.11 Å². The first kappa shape index (κ1) is 10.1. The Hall–Kier alpha value is -0.963. The summed E-state index contributed by atoms with van der Waals surface area (Å²) in [5, 5.41) is 0. The Balaban J connectivity index is 2.64. The second-order valence-electron chi connectivity index (χ2n) is 3.36. The van der Waals surface area contributed by atoms with Gasteiger partial charge in [-0.1, -0.05) is 26.0 Å². The number of hydrogen-bond donors (Lipinski definition) is 0. The van der Waals surface area contributed by atoms with Crippen LogP contribution in [0, 0.1) is 0 Å². The van der Waals surface area contributed by atoms with Crippen LogP contribution in [0.25, 0.3) is 0 Å². The minimum atomic E-state index is -0.463. The van der Waals surface area contributed by atoms with E-state index in [1.54, 1.807) is 7.11 Å². The number of methoxy groups -OCH3 is 1. The molecule has 1 aromatic carbocycles. The van der Waals surface area contributed by atoms with Gasteiger partial charge in [0.2, 0.25) is 9.76 Å². The molecule has 3 heteroatoms. The van der Waals surface area contributed by atoms with Gasteiger partial charge in [0.1, 0.15) is 5.75 Å². The molecule has 0 saturated heterocycles. The molecule has 0 saturated carbocycles. The van der Waals surface area contributed by atoms with Crippen LogP contribution < -0.4 is 9.16 Å². The molecule has 1 rings (SSSR count). The van der Waals surface area contributed by atoms with E-state index < -0.39 is 9.76 Å². The van der Waals surface area contributed by atoms with Gasteiger partial charge in [-0.3, -0.25) is 0 Å². The van der Waals surface area contributed by atoms with Crippen molar-refractivity contribution in [1.82, 2.24) is 0 Å². The van der Waals surface area contributed by atoms with E-state index in [0.29, 0.717) is 5.54 Å². The van der Waals surface area contributed by atoms with Gasteiger partial charge in [-0.2, -0.15) is 0 Å². The Morgan fingerprint density at radius 1 is 1.15 bits per heavy atom. The predicted octanol–water partition coefficient (Wildman–Crippen LogP) is 1.99. The summed E-state index contributed by atoms with van der Waals surface area (Å²) in [4.78, 5) is 0. The normalized spacial score (nSPS) is 11.1. The lowest BCUT2D eigenvalue weighted by Gasteiger charge is -2.11. The van der Waals surface area contributed by atoms with Crippen molar-refractivity contribution < 1.29 is 9.16 Å². The first-order valence-electron chi connectivity index (χ1n) is 4.50. The summed E-state index contributed by atoms with van der Waals surface area (Å²) >= 11 is 0. The van der Waals surface area contributed by atoms with E-state index in [4.69, 9.17) is 9.16 Å². The zero-order valence-electron chi connectivity index (χ0n) is 8.41. The summed E-state index contributed by atoms with van der Waals surface area (Å²) in [6.07, 6.45) is 0. The fourth-order valence-corrected chi connectivity index (χ4v) is 1.75. The molecule has 0 unspecified atom stereocenters. The van der Waals surface area contributed by atoms with Crippen LogP contribution in [0.5, 0.6) is 11.5 Å². The Morgan fingerprint density at radius 3 is 2.31 bits per heavy atom. The third-order valence-electron chi connectivity index (χ3n) is 1.64. The zero-order valence-corrected chi connectivity index (χ0v) is 9.82. The quantitative estimate of drug-likeness (QED) is 0.686. The van der Waals surface area contributed by atoms with Gasteiger partial charge in [-0.25, -0.2) is 0 Å². The predicted molar refractivity (Wildman–Crippen MR) is 57.3 cm³/mol. The molecule has 0 N–H and O–H groups in total. The maximum atomic E-state index is 5.70. The van der Waals surface area contributed by atoms with Crippen LogP contribution in [0.15, 0.2) is 24.3 Å². The fraction of sp³-hybridized carbons (Fsp3) is 0.400. The number of benzene rings is 1. The molecule has 0 radical (unpaired) electrons. The average Bonchev–Trinajstić information content (AvgIpc) is 2.15. The second-order valence-corrected chi connectivity index (χ2v) is 5.61. The van der Waals surface area contributed by atoms with E-state index in [1.165, 1.54) is 0 Å². The van der Waals surface area contributed by atoms with E-state index in [1.807, 2.05) is 24.3 Å². The molecule has 0 bridgehead atoms. The number of hydrogen-bond acceptors (Lipinski definition) is 2. The molecule has 72 valence electrons. The van der Waals surface area contributed by atoms with Crippen LogP contribution in [0.4, 0.5) is 0 Å². The molecule has 0 aliphatic heterocycles. The molecular formula is C10H16O2Si. The van der Waals surface area contributed by atoms with Crippen LogP contribution >= 0.6 is 0 Å². The summed E-state index contributed by atoms with van der Waals surface area (Å²) < 4.78 is 10.9. The van der Waals surface area contributed by atoms with E-state index >= 15 is 0 Å². The highest BCUT2D eigenvalue weighted by Gasteiger charge is 2.03. The Labute approximate surface area is 81.8 Å². The Kier molecular flexibility index (Phi) is 3.83. The lowest BCUT2D eigenvalue weighted by atomic mass is 10.3. The van der Waals surface area contributed by atoms with Gasteiger partial charge in [0.15, 0.2) is 5.75 Å². The number of ether oxygens (including phenoxy) is 1. The minimum absolute atomic E-state index is 0.463. The molecule has 0 aromatic heterocycles. The van der Waals surface area contributed by atoms with E-state index in [9.17, 15) is 0 Å². The van der Waals surface area contributed by atoms with Gasteiger partial charge >= 0.3 is 0 Å². The smallest absolute Gasteiger partial charge is 0.222 e. The molecule has 0 spiro atoms. The molecule has 0 fully saturated rings. The standard InChI is InChI=1S/C10H16O2Si/c1-8(2)13-12-10-7-5-4-6-9(10)11-3/h4-8H,13H2,1-3H3. The van der Waals surface area contributed by atoms with E-state index in [2.05, 4.69) is 13.8 Å². The fourth-order valence-electron chi connectivity index (χ4n) is 0.994. The zero-order chi connectivity index (χ0) is 9.68. The maximum Gasteiger partial charge on any atom is 0.222 e. The number of rotatable bonds is 4. The van der Waals surface area contributed by atoms with Gasteiger partial charge in [0, 0.05) is 0 Å². The van der Waals surface area contributed by atoms with Gasteiger partial charge in [-0.15, -0.1) is 0 Å². The summed E-state index contributed by atoms with van der Waals surface area (Å²) in [6.45, 7) is 4.36. The molecule has 13 heavy (non-hydrogen) atoms. The Bertz CT molecular complexity index is 261. The summed E-state index contributed by atoms with van der Waals surface area (Å²) in [6, 6.07) is 7.79. The summed E-state index contributed by atoms with van der Waals surface area (Å²) in [7, 11) is 1.20. The lowest BCUT2D eigenvalue weighted by molar-refractivity contribution is 0.395. The molecule has 2 nitrogen and oxygen atoms in total. The highest BCUT2D eigenvalue weighted by Crippen LogP contribution is 2.25. The van der Waals surface area contributed by atoms with Crippen molar-refractivity contribution >= 4 is 9.76 Å². The van der Waals surface area contributed by atoms with Crippen LogP contribution in [-0.4, -0.2) is 16.9 Å². The average molecular weight is 196 g/mol. The van der Waals surface area contributed by atoms with Gasteiger partial charge in [0.25, 0.3) is 0 Å². The molecule has 0 heterocycles. The van der Waals surface area contributed by atoms with Crippen molar-refractivity contribution in [3.8, 4) is 11.5 Å². The van der Waals surface area contributed by atoms with Crippen LogP contribution in [0.2, 0.25) is 5.54 Å². The first-order chi connectivity index (χ1) is 6.24. The van der Waals surface area contributed by atoms with Crippen molar-refractivity contribution in [2.24, 2.45) is 0 Å². The molecule has 0 aliphatic rings. The van der Waals surface area contributed by atoms with Crippen molar-refractivity contribution in [3.05, 3.63) is 24.3 Å². The third kappa shape index (κ3) is 3.11. The largest absolute Gasteiger partial charge is 0.547 e. The maximum absolute atomic E-state index is 5.70. The van der Waals surface area contributed by atoms with Crippen molar-refractivity contribution in [2.75, 3.05) is 7.11 Å². The first-order valence-corrected chi connectivity index (χ1v) is 5.89. The molecular weight excluding hydrogens is 180 g/mol. The summed E-state index contributed by atoms with van der Waals surface area (Å²) in [5.41, 5.74) is 0.671. The topological polar surface area (TPSA) is 18.5 Å². The lowest BCUT2D eigenvalue weighted by Crippen LogP contribution is -2.06. The monoisotopic (exact) mass is 196 g/mol. The third-order valence-corrected chi connectivity index (χ3v) is 2.79. The second kappa shape index (κ2) is 4.92. The molecule has 0 amide bonds. The van der Waals surface area contributed by atoms with Crippen LogP contribution in [-0.2, 0) is 0 Å². The van der Waals surface area contributed by atoms with Crippen LogP contribution in [0.3, 0.4) is 0 Å². The van der Waals surface area contributed by atoms with Crippen molar-refractivity contribution in [3.63, 3.8) is 0 Å². The van der Waals surface area contributed by atoms with E-state index in [0.717, 1.165) is 11.5 Å². The summed E-state index contributed by atoms with van der Waals surface area (Å²) in [5.74, 6) is 1.71. The molecule has 0 aliphatic carbocycles. The Morgan fingerprint density at radius 2 is 1.77 bits per heavy atom. The van der Waals surface area contributed by atoms with Crippen LogP contribution in [0.1, 0.15) is 13.8 Å². The van der Waals surface area contributed by atoms with Gasteiger partial charge in [-0.05, 0) is 17.7 Å². The highest BCUT2D eigenvalue weighted by molar-refractivity contribution is 6.30. The minimum Gasteiger partial charge on any atom is -0.547 e. The molecule has 0 atom stereocenters. The number of para-hydroxylation sites is 2. The van der Waals surface area contributed by atoms with Crippen molar-refractivity contribution in [2.45, 2.75) is 19.4 Å². The molecule has 1 aromatic rings. The highest BCUT2D eigenvalue weighted by atomic mass is 28.2. The van der Waals surface area contributed by atoms with Gasteiger partial charge < -0.3 is 9.16 Å². The van der Waals surface area contributed by atoms with Crippen molar-refractivity contribution in [1.29, 1.82) is 0 Å². The SMILES string of the molecule is COc1ccccc1O[SiH2]C(C)C.